The molecule has 0 saturated heterocycles. The van der Waals surface area contributed by atoms with Gasteiger partial charge < -0.3 is 20.3 Å². The van der Waals surface area contributed by atoms with E-state index in [1.165, 1.54) is 11.6 Å². The highest BCUT2D eigenvalue weighted by molar-refractivity contribution is 14.0. The maximum atomic E-state index is 12.8. The number of para-hydroxylation sites is 2. The molecule has 0 fully saturated rings. The fourth-order valence-electron chi connectivity index (χ4n) is 3.40. The average molecular weight is 544 g/mol. The van der Waals surface area contributed by atoms with Gasteiger partial charge in [0.1, 0.15) is 5.75 Å². The number of aryl methyl sites for hydroxylation is 1. The number of hydrogen-bond acceptors (Lipinski definition) is 3. The lowest BCUT2D eigenvalue weighted by molar-refractivity contribution is -0.117. The minimum absolute atomic E-state index is 0. The molecule has 2 aromatic rings. The van der Waals surface area contributed by atoms with Crippen molar-refractivity contribution < 1.29 is 18.3 Å². The summed E-state index contributed by atoms with van der Waals surface area (Å²) in [6.45, 7) is 0.513. The minimum atomic E-state index is -2.90. The Balaban J connectivity index is 0.00000341. The zero-order valence-corrected chi connectivity index (χ0v) is 19.6. The number of hydrogen-bond donors (Lipinski definition) is 2. The van der Waals surface area contributed by atoms with Crippen LogP contribution < -0.4 is 20.3 Å². The number of benzene rings is 2. The number of rotatable bonds is 7. The Kier molecular flexibility index (Phi) is 9.96. The van der Waals surface area contributed by atoms with E-state index in [9.17, 15) is 13.6 Å². The number of ether oxygens (including phenoxy) is 1. The first-order valence-corrected chi connectivity index (χ1v) is 10.0. The Morgan fingerprint density at radius 1 is 1.16 bits per heavy atom. The molecule has 31 heavy (non-hydrogen) atoms. The molecule has 2 N–H and O–H groups in total. The van der Waals surface area contributed by atoms with Gasteiger partial charge in [-0.1, -0.05) is 36.4 Å². The van der Waals surface area contributed by atoms with E-state index in [-0.39, 0.29) is 48.7 Å². The largest absolute Gasteiger partial charge is 0.434 e. The topological polar surface area (TPSA) is 66.0 Å². The van der Waals surface area contributed by atoms with Crippen molar-refractivity contribution in [1.82, 2.24) is 10.6 Å². The summed E-state index contributed by atoms with van der Waals surface area (Å²) < 4.78 is 29.7. The lowest BCUT2D eigenvalue weighted by Gasteiger charge is -2.29. The average Bonchev–Trinajstić information content (AvgIpc) is 2.75. The van der Waals surface area contributed by atoms with Gasteiger partial charge in [0.15, 0.2) is 5.96 Å². The van der Waals surface area contributed by atoms with Crippen LogP contribution in [0.2, 0.25) is 0 Å². The third-order valence-electron chi connectivity index (χ3n) is 4.76. The normalized spacial score (nSPS) is 13.3. The van der Waals surface area contributed by atoms with Crippen LogP contribution in [-0.2, 0) is 17.8 Å². The number of nitrogens with one attached hydrogen (secondary N) is 2. The SMILES string of the molecule is CCNC(=NCc1ccccc1OC(F)F)NCC(=O)N1CCCc2ccccc21.I. The number of guanidine groups is 1. The maximum Gasteiger partial charge on any atom is 0.387 e. The van der Waals surface area contributed by atoms with Gasteiger partial charge in [-0.25, -0.2) is 4.99 Å². The third-order valence-corrected chi connectivity index (χ3v) is 4.76. The molecule has 0 saturated carbocycles. The molecule has 0 spiro atoms. The van der Waals surface area contributed by atoms with Crippen molar-refractivity contribution in [1.29, 1.82) is 0 Å². The molecule has 1 amide bonds. The van der Waals surface area contributed by atoms with Crippen molar-refractivity contribution in [2.75, 3.05) is 24.5 Å². The van der Waals surface area contributed by atoms with Crippen LogP contribution in [0.1, 0.15) is 24.5 Å². The minimum Gasteiger partial charge on any atom is -0.434 e. The van der Waals surface area contributed by atoms with E-state index in [0.29, 0.717) is 24.6 Å². The fraction of sp³-hybridized carbons (Fsp3) is 0.364. The number of amides is 1. The van der Waals surface area contributed by atoms with Crippen molar-refractivity contribution >= 4 is 41.5 Å². The Morgan fingerprint density at radius 2 is 1.90 bits per heavy atom. The molecular formula is C22H27F2IN4O2. The number of nitrogens with zero attached hydrogens (tertiary/aromatic N) is 2. The highest BCUT2D eigenvalue weighted by Crippen LogP contribution is 2.26. The van der Waals surface area contributed by atoms with Crippen LogP contribution in [0.3, 0.4) is 0 Å². The monoisotopic (exact) mass is 544 g/mol. The zero-order chi connectivity index (χ0) is 21.3. The smallest absolute Gasteiger partial charge is 0.387 e. The molecule has 168 valence electrons. The predicted octanol–water partition coefficient (Wildman–Crippen LogP) is 3.94. The number of alkyl halides is 2. The van der Waals surface area contributed by atoms with Crippen LogP contribution in [0.4, 0.5) is 14.5 Å². The summed E-state index contributed by atoms with van der Waals surface area (Å²) in [5, 5.41) is 6.11. The number of halogens is 3. The zero-order valence-electron chi connectivity index (χ0n) is 17.3. The third kappa shape index (κ3) is 7.05. The molecular weight excluding hydrogens is 517 g/mol. The van der Waals surface area contributed by atoms with Gasteiger partial charge in [0, 0.05) is 24.3 Å². The van der Waals surface area contributed by atoms with Crippen LogP contribution in [-0.4, -0.2) is 38.1 Å². The van der Waals surface area contributed by atoms with Crippen LogP contribution >= 0.6 is 24.0 Å². The molecule has 0 bridgehead atoms. The second-order valence-electron chi connectivity index (χ2n) is 6.81. The first kappa shape index (κ1) is 24.8. The first-order valence-electron chi connectivity index (χ1n) is 10.0. The molecule has 0 aromatic heterocycles. The van der Waals surface area contributed by atoms with Crippen LogP contribution in [0.15, 0.2) is 53.5 Å². The lowest BCUT2D eigenvalue weighted by atomic mass is 10.0. The Morgan fingerprint density at radius 3 is 2.68 bits per heavy atom. The van der Waals surface area contributed by atoms with E-state index in [0.717, 1.165) is 18.5 Å². The number of fused-ring (bicyclic) bond motifs is 1. The highest BCUT2D eigenvalue weighted by Gasteiger charge is 2.22. The van der Waals surface area contributed by atoms with Gasteiger partial charge in [-0.2, -0.15) is 8.78 Å². The molecule has 0 radical (unpaired) electrons. The van der Waals surface area contributed by atoms with Crippen LogP contribution in [0.25, 0.3) is 0 Å². The van der Waals surface area contributed by atoms with Gasteiger partial charge >= 0.3 is 6.61 Å². The van der Waals surface area contributed by atoms with Gasteiger partial charge in [0.05, 0.1) is 13.1 Å². The van der Waals surface area contributed by atoms with Gasteiger partial charge in [-0.3, -0.25) is 4.79 Å². The van der Waals surface area contributed by atoms with E-state index in [2.05, 4.69) is 20.4 Å². The van der Waals surface area contributed by atoms with Crippen molar-refractivity contribution in [2.24, 2.45) is 4.99 Å². The Labute approximate surface area is 198 Å². The molecule has 2 aromatic carbocycles. The van der Waals surface area contributed by atoms with E-state index < -0.39 is 6.61 Å². The van der Waals surface area contributed by atoms with Crippen molar-refractivity contribution in [3.05, 3.63) is 59.7 Å². The first-order chi connectivity index (χ1) is 14.6. The Bertz CT molecular complexity index is 895. The fourth-order valence-corrected chi connectivity index (χ4v) is 3.40. The van der Waals surface area contributed by atoms with E-state index in [1.807, 2.05) is 31.2 Å². The molecule has 6 nitrogen and oxygen atoms in total. The second kappa shape index (κ2) is 12.4. The molecule has 3 rings (SSSR count). The highest BCUT2D eigenvalue weighted by atomic mass is 127. The number of carbonyl (C=O) groups is 1. The summed E-state index contributed by atoms with van der Waals surface area (Å²) in [4.78, 5) is 19.0. The van der Waals surface area contributed by atoms with Crippen molar-refractivity contribution in [3.63, 3.8) is 0 Å². The molecule has 0 atom stereocenters. The second-order valence-corrected chi connectivity index (χ2v) is 6.81. The molecule has 9 heteroatoms. The van der Waals surface area contributed by atoms with Crippen molar-refractivity contribution in [3.8, 4) is 5.75 Å². The molecule has 1 heterocycles. The molecule has 1 aliphatic heterocycles. The summed E-state index contributed by atoms with van der Waals surface area (Å²) in [5.74, 6) is 0.477. The van der Waals surface area contributed by atoms with E-state index in [1.54, 1.807) is 23.1 Å². The number of aliphatic imine (C=N–C) groups is 1. The molecule has 0 unspecified atom stereocenters. The van der Waals surface area contributed by atoms with E-state index >= 15 is 0 Å². The van der Waals surface area contributed by atoms with Gasteiger partial charge in [-0.15, -0.1) is 24.0 Å². The number of anilines is 1. The number of carbonyl (C=O) groups excluding carboxylic acids is 1. The predicted molar refractivity (Wildman–Crippen MR) is 128 cm³/mol. The van der Waals surface area contributed by atoms with Gasteiger partial charge in [-0.05, 0) is 37.5 Å². The summed E-state index contributed by atoms with van der Waals surface area (Å²) in [6.07, 6.45) is 1.90. The molecule has 1 aliphatic rings. The standard InChI is InChI=1S/C22H26F2N4O2.HI/c1-2-25-22(26-14-17-9-4-6-12-19(17)30-21(23)24)27-15-20(29)28-13-7-10-16-8-3-5-11-18(16)28;/h3-6,8-9,11-12,21H,2,7,10,13-15H2,1H3,(H2,25,26,27);1H. The quantitative estimate of drug-likeness (QED) is 0.315. The van der Waals surface area contributed by atoms with Gasteiger partial charge in [0.2, 0.25) is 5.91 Å². The van der Waals surface area contributed by atoms with E-state index in [4.69, 9.17) is 0 Å². The molecule has 0 aliphatic carbocycles. The van der Waals surface area contributed by atoms with Crippen LogP contribution in [0, 0.1) is 0 Å². The lowest BCUT2D eigenvalue weighted by Crippen LogP contribution is -2.46. The summed E-state index contributed by atoms with van der Waals surface area (Å²) in [7, 11) is 0. The van der Waals surface area contributed by atoms with Gasteiger partial charge in [0.25, 0.3) is 0 Å². The summed E-state index contributed by atoms with van der Waals surface area (Å²) in [5.41, 5.74) is 2.66. The maximum absolute atomic E-state index is 12.8. The Hall–Kier alpha value is -2.43. The van der Waals surface area contributed by atoms with Crippen LogP contribution in [0.5, 0.6) is 5.75 Å². The summed E-state index contributed by atoms with van der Waals surface area (Å²) >= 11 is 0. The summed E-state index contributed by atoms with van der Waals surface area (Å²) in [6, 6.07) is 14.5. The van der Waals surface area contributed by atoms with Crippen molar-refractivity contribution in [2.45, 2.75) is 32.9 Å².